The van der Waals surface area contributed by atoms with Crippen molar-refractivity contribution >= 4 is 23.6 Å². The average Bonchev–Trinajstić information content (AvgIpc) is 2.34. The number of aliphatic hydroxyl groups is 1. The van der Waals surface area contributed by atoms with Crippen LogP contribution in [-0.2, 0) is 9.59 Å². The Morgan fingerprint density at radius 1 is 1.35 bits per heavy atom. The maximum atomic E-state index is 11.3. The highest BCUT2D eigenvalue weighted by Crippen LogP contribution is 2.15. The molecule has 0 spiro atoms. The molecule has 0 saturated carbocycles. The van der Waals surface area contributed by atoms with Crippen molar-refractivity contribution in [1.29, 1.82) is 0 Å². The van der Waals surface area contributed by atoms with Crippen LogP contribution in [0.25, 0.3) is 0 Å². The van der Waals surface area contributed by atoms with Crippen molar-refractivity contribution in [2.45, 2.75) is 11.0 Å². The Hall–Kier alpha value is -1.53. The Labute approximate surface area is 103 Å². The molecule has 1 rings (SSSR count). The molecule has 0 aliphatic heterocycles. The molecular formula is C11H14N2O3S. The standard InChI is InChI=1S/C11H14N2O3S/c12-11(16)9(14)6-13-10(15)7-17-8-4-2-1-3-5-8/h1-5,9,14H,6-7H2,(H2,12,16)(H,13,15). The van der Waals surface area contributed by atoms with Gasteiger partial charge in [0.25, 0.3) is 0 Å². The summed E-state index contributed by atoms with van der Waals surface area (Å²) in [5.74, 6) is -0.865. The SMILES string of the molecule is NC(=O)C(O)CNC(=O)CSc1ccccc1. The molecule has 2 amide bonds. The molecule has 0 aromatic heterocycles. The molecule has 6 heteroatoms. The Bertz CT molecular complexity index is 384. The predicted molar refractivity (Wildman–Crippen MR) is 65.4 cm³/mol. The summed E-state index contributed by atoms with van der Waals surface area (Å²) >= 11 is 1.38. The lowest BCUT2D eigenvalue weighted by molar-refractivity contribution is -0.126. The second kappa shape index (κ2) is 6.93. The van der Waals surface area contributed by atoms with Crippen molar-refractivity contribution in [1.82, 2.24) is 5.32 Å². The lowest BCUT2D eigenvalue weighted by Crippen LogP contribution is -2.40. The highest BCUT2D eigenvalue weighted by atomic mass is 32.2. The van der Waals surface area contributed by atoms with Gasteiger partial charge in [0, 0.05) is 4.90 Å². The summed E-state index contributed by atoms with van der Waals surface area (Å²) < 4.78 is 0. The van der Waals surface area contributed by atoms with E-state index in [0.29, 0.717) is 0 Å². The number of nitrogens with two attached hydrogens (primary N) is 1. The molecule has 0 saturated heterocycles. The van der Waals surface area contributed by atoms with E-state index in [2.05, 4.69) is 5.32 Å². The third-order valence-electron chi connectivity index (χ3n) is 1.93. The highest BCUT2D eigenvalue weighted by molar-refractivity contribution is 8.00. The number of rotatable bonds is 6. The number of benzene rings is 1. The highest BCUT2D eigenvalue weighted by Gasteiger charge is 2.11. The van der Waals surface area contributed by atoms with E-state index in [1.54, 1.807) is 0 Å². The first-order valence-electron chi connectivity index (χ1n) is 5.01. The molecule has 0 heterocycles. The van der Waals surface area contributed by atoms with E-state index in [4.69, 9.17) is 10.8 Å². The van der Waals surface area contributed by atoms with Crippen LogP contribution < -0.4 is 11.1 Å². The van der Waals surface area contributed by atoms with Crippen molar-refractivity contribution < 1.29 is 14.7 Å². The van der Waals surface area contributed by atoms with Crippen molar-refractivity contribution in [3.05, 3.63) is 30.3 Å². The molecule has 0 fully saturated rings. The van der Waals surface area contributed by atoms with Gasteiger partial charge in [-0.25, -0.2) is 0 Å². The molecule has 1 unspecified atom stereocenters. The first-order chi connectivity index (χ1) is 8.09. The molecule has 0 aliphatic rings. The molecule has 17 heavy (non-hydrogen) atoms. The van der Waals surface area contributed by atoms with Gasteiger partial charge in [-0.3, -0.25) is 9.59 Å². The van der Waals surface area contributed by atoms with Crippen molar-refractivity contribution in [2.75, 3.05) is 12.3 Å². The number of hydrogen-bond donors (Lipinski definition) is 3. The lowest BCUT2D eigenvalue weighted by atomic mass is 10.3. The van der Waals surface area contributed by atoms with Gasteiger partial charge in [-0.2, -0.15) is 0 Å². The third kappa shape index (κ3) is 5.37. The van der Waals surface area contributed by atoms with E-state index in [1.807, 2.05) is 30.3 Å². The maximum Gasteiger partial charge on any atom is 0.248 e. The molecule has 0 radical (unpaired) electrons. The fourth-order valence-corrected chi connectivity index (χ4v) is 1.78. The van der Waals surface area contributed by atoms with E-state index in [0.717, 1.165) is 4.90 Å². The quantitative estimate of drug-likeness (QED) is 0.610. The molecule has 1 aromatic carbocycles. The molecule has 0 aliphatic carbocycles. The van der Waals surface area contributed by atoms with E-state index < -0.39 is 12.0 Å². The van der Waals surface area contributed by atoms with Crippen molar-refractivity contribution in [2.24, 2.45) is 5.73 Å². The second-order valence-corrected chi connectivity index (χ2v) is 4.37. The normalized spacial score (nSPS) is 11.8. The van der Waals surface area contributed by atoms with Gasteiger partial charge >= 0.3 is 0 Å². The molecule has 5 nitrogen and oxygen atoms in total. The minimum Gasteiger partial charge on any atom is -0.381 e. The first-order valence-corrected chi connectivity index (χ1v) is 6.00. The maximum absolute atomic E-state index is 11.3. The number of hydrogen-bond acceptors (Lipinski definition) is 4. The van der Waals surface area contributed by atoms with Crippen LogP contribution in [-0.4, -0.2) is 35.3 Å². The third-order valence-corrected chi connectivity index (χ3v) is 2.95. The minimum absolute atomic E-state index is 0.149. The van der Waals surface area contributed by atoms with Gasteiger partial charge in [0.2, 0.25) is 11.8 Å². The zero-order chi connectivity index (χ0) is 12.7. The fourth-order valence-electron chi connectivity index (χ4n) is 1.03. The van der Waals surface area contributed by atoms with Gasteiger partial charge in [0.1, 0.15) is 6.10 Å². The Morgan fingerprint density at radius 2 is 2.00 bits per heavy atom. The van der Waals surface area contributed by atoms with Gasteiger partial charge in [-0.1, -0.05) is 18.2 Å². The van der Waals surface area contributed by atoms with Gasteiger partial charge in [-0.05, 0) is 12.1 Å². The molecule has 1 aromatic rings. The van der Waals surface area contributed by atoms with Crippen LogP contribution in [0.5, 0.6) is 0 Å². The van der Waals surface area contributed by atoms with Crippen molar-refractivity contribution in [3.8, 4) is 0 Å². The first kappa shape index (κ1) is 13.5. The van der Waals surface area contributed by atoms with Crippen LogP contribution in [0.2, 0.25) is 0 Å². The number of carbonyl (C=O) groups excluding carboxylic acids is 2. The van der Waals surface area contributed by atoms with E-state index in [9.17, 15) is 9.59 Å². The number of amides is 2. The van der Waals surface area contributed by atoms with Crippen LogP contribution in [0, 0.1) is 0 Å². The smallest absolute Gasteiger partial charge is 0.248 e. The monoisotopic (exact) mass is 254 g/mol. The molecular weight excluding hydrogens is 240 g/mol. The summed E-state index contributed by atoms with van der Waals surface area (Å²) in [7, 11) is 0. The van der Waals surface area contributed by atoms with E-state index in [-0.39, 0.29) is 18.2 Å². The second-order valence-electron chi connectivity index (χ2n) is 3.32. The minimum atomic E-state index is -1.33. The Kier molecular flexibility index (Phi) is 5.51. The molecule has 4 N–H and O–H groups in total. The predicted octanol–water partition coefficient (Wildman–Crippen LogP) is -0.259. The summed E-state index contributed by atoms with van der Waals surface area (Å²) in [5.41, 5.74) is 4.84. The number of thioether (sulfide) groups is 1. The topological polar surface area (TPSA) is 92.4 Å². The Morgan fingerprint density at radius 3 is 2.59 bits per heavy atom. The Balaban J connectivity index is 2.24. The van der Waals surface area contributed by atoms with Crippen LogP contribution >= 0.6 is 11.8 Å². The summed E-state index contributed by atoms with van der Waals surface area (Å²) in [6, 6.07) is 9.47. The summed E-state index contributed by atoms with van der Waals surface area (Å²) in [4.78, 5) is 22.8. The number of primary amides is 1. The van der Waals surface area contributed by atoms with Crippen LogP contribution in [0.3, 0.4) is 0 Å². The van der Waals surface area contributed by atoms with Crippen LogP contribution in [0.4, 0.5) is 0 Å². The fraction of sp³-hybridized carbons (Fsp3) is 0.273. The molecule has 92 valence electrons. The van der Waals surface area contributed by atoms with Crippen LogP contribution in [0.15, 0.2) is 35.2 Å². The zero-order valence-electron chi connectivity index (χ0n) is 9.13. The summed E-state index contributed by atoms with van der Waals surface area (Å²) in [5, 5.41) is 11.5. The molecule has 0 bridgehead atoms. The number of aliphatic hydroxyl groups excluding tert-OH is 1. The zero-order valence-corrected chi connectivity index (χ0v) is 9.94. The van der Waals surface area contributed by atoms with Crippen LogP contribution in [0.1, 0.15) is 0 Å². The van der Waals surface area contributed by atoms with Gasteiger partial charge in [0.05, 0.1) is 12.3 Å². The largest absolute Gasteiger partial charge is 0.381 e. The number of carbonyl (C=O) groups is 2. The van der Waals surface area contributed by atoms with Gasteiger partial charge in [-0.15, -0.1) is 11.8 Å². The summed E-state index contributed by atoms with van der Waals surface area (Å²) in [6.07, 6.45) is -1.33. The van der Waals surface area contributed by atoms with Gasteiger partial charge < -0.3 is 16.2 Å². The number of nitrogens with one attached hydrogen (secondary N) is 1. The van der Waals surface area contributed by atoms with Gasteiger partial charge in [0.15, 0.2) is 0 Å². The van der Waals surface area contributed by atoms with E-state index in [1.165, 1.54) is 11.8 Å². The van der Waals surface area contributed by atoms with E-state index >= 15 is 0 Å². The molecule has 1 atom stereocenters. The van der Waals surface area contributed by atoms with Crippen molar-refractivity contribution in [3.63, 3.8) is 0 Å². The average molecular weight is 254 g/mol. The lowest BCUT2D eigenvalue weighted by Gasteiger charge is -2.08. The summed E-state index contributed by atoms with van der Waals surface area (Å²) in [6.45, 7) is -0.149.